The maximum Gasteiger partial charge on any atom is 0.408 e. The van der Waals surface area contributed by atoms with Crippen LogP contribution in [0.1, 0.15) is 76.5 Å². The number of aromatic nitrogens is 1. The third kappa shape index (κ3) is 8.89. The van der Waals surface area contributed by atoms with Crippen LogP contribution in [0.15, 0.2) is 53.4 Å². The highest BCUT2D eigenvalue weighted by Crippen LogP contribution is 2.37. The van der Waals surface area contributed by atoms with Gasteiger partial charge >= 0.3 is 6.09 Å². The summed E-state index contributed by atoms with van der Waals surface area (Å²) in [7, 11) is -3.45. The molecule has 2 amide bonds. The number of nitrogens with one attached hydrogen (secondary N) is 1. The number of hydrogen-bond acceptors (Lipinski definition) is 5. The first-order valence-corrected chi connectivity index (χ1v) is 16.4. The monoisotopic (exact) mass is 607 g/mol. The van der Waals surface area contributed by atoms with E-state index in [2.05, 4.69) is 26.1 Å². The van der Waals surface area contributed by atoms with Gasteiger partial charge in [0.25, 0.3) is 0 Å². The summed E-state index contributed by atoms with van der Waals surface area (Å²) in [6.07, 6.45) is 1.27. The quantitative estimate of drug-likeness (QED) is 0.269. The standard InChI is InChI=1S/C34H45N3O5S/c1-10-28-26(19-30(38)35-24-12-11-13-25(18-24)43(9,41)42)31(23-16-14-22(2)15-17-23)27(29(36-28)20-33(3,4)5)21-37(32(39)40)34(6,7)8/h11-18H,10,19-21H2,1-9H3,(H,35,38)(H,39,40). The number of nitrogens with zero attached hydrogens (tertiary/aromatic N) is 2. The Kier molecular flexibility index (Phi) is 10.1. The van der Waals surface area contributed by atoms with Gasteiger partial charge in [0.1, 0.15) is 0 Å². The Morgan fingerprint density at radius 2 is 1.58 bits per heavy atom. The molecule has 1 aromatic heterocycles. The van der Waals surface area contributed by atoms with Crippen molar-refractivity contribution in [2.75, 3.05) is 11.6 Å². The van der Waals surface area contributed by atoms with Crippen LogP contribution in [-0.2, 0) is 40.4 Å². The first kappa shape index (κ1) is 33.8. The Labute approximate surface area is 256 Å². The lowest BCUT2D eigenvalue weighted by atomic mass is 9.83. The Morgan fingerprint density at radius 1 is 0.953 bits per heavy atom. The second kappa shape index (κ2) is 12.9. The van der Waals surface area contributed by atoms with Crippen LogP contribution in [-0.4, -0.2) is 47.2 Å². The molecule has 9 heteroatoms. The van der Waals surface area contributed by atoms with E-state index < -0.39 is 21.5 Å². The molecule has 2 N–H and O–H groups in total. The zero-order valence-corrected chi connectivity index (χ0v) is 27.6. The Balaban J connectivity index is 2.28. The molecule has 0 aliphatic heterocycles. The molecule has 0 atom stereocenters. The van der Waals surface area contributed by atoms with Crippen LogP contribution in [0.3, 0.4) is 0 Å². The molecule has 0 saturated heterocycles. The molecule has 2 aromatic carbocycles. The minimum Gasteiger partial charge on any atom is -0.465 e. The van der Waals surface area contributed by atoms with Gasteiger partial charge in [0.05, 0.1) is 17.9 Å². The van der Waals surface area contributed by atoms with Gasteiger partial charge in [-0.25, -0.2) is 13.2 Å². The van der Waals surface area contributed by atoms with Gasteiger partial charge in [-0.3, -0.25) is 14.7 Å². The summed E-state index contributed by atoms with van der Waals surface area (Å²) in [5.41, 5.74) is 5.47. The van der Waals surface area contributed by atoms with Gasteiger partial charge in [-0.05, 0) is 80.8 Å². The number of benzene rings is 2. The summed E-state index contributed by atoms with van der Waals surface area (Å²) in [6, 6.07) is 14.2. The maximum absolute atomic E-state index is 13.6. The Hall–Kier alpha value is -3.72. The van der Waals surface area contributed by atoms with Gasteiger partial charge in [0.15, 0.2) is 9.84 Å². The molecule has 0 aliphatic rings. The molecule has 0 unspecified atom stereocenters. The van der Waals surface area contributed by atoms with Crippen LogP contribution in [0.2, 0.25) is 0 Å². The zero-order valence-electron chi connectivity index (χ0n) is 26.8. The molecule has 43 heavy (non-hydrogen) atoms. The lowest BCUT2D eigenvalue weighted by Gasteiger charge is -2.35. The summed E-state index contributed by atoms with van der Waals surface area (Å²) in [4.78, 5) is 32.7. The first-order chi connectivity index (χ1) is 19.8. The van der Waals surface area contributed by atoms with Crippen LogP contribution in [0.25, 0.3) is 11.1 Å². The van der Waals surface area contributed by atoms with Gasteiger partial charge in [-0.1, -0.05) is 63.6 Å². The first-order valence-electron chi connectivity index (χ1n) is 14.5. The van der Waals surface area contributed by atoms with Crippen molar-refractivity contribution >= 4 is 27.5 Å². The molecule has 0 spiro atoms. The van der Waals surface area contributed by atoms with Crippen LogP contribution in [0.4, 0.5) is 10.5 Å². The van der Waals surface area contributed by atoms with E-state index in [9.17, 15) is 23.1 Å². The van der Waals surface area contributed by atoms with Crippen molar-refractivity contribution in [3.8, 4) is 11.1 Å². The fourth-order valence-electron chi connectivity index (χ4n) is 5.06. The number of amides is 2. The largest absolute Gasteiger partial charge is 0.465 e. The van der Waals surface area contributed by atoms with E-state index in [0.29, 0.717) is 18.5 Å². The second-order valence-corrected chi connectivity index (χ2v) is 15.4. The van der Waals surface area contributed by atoms with Gasteiger partial charge in [-0.15, -0.1) is 0 Å². The van der Waals surface area contributed by atoms with Crippen molar-refractivity contribution in [3.63, 3.8) is 0 Å². The number of sulfone groups is 1. The van der Waals surface area contributed by atoms with Gasteiger partial charge in [0, 0.05) is 34.4 Å². The molecular formula is C34H45N3O5S. The molecule has 8 nitrogen and oxygen atoms in total. The summed E-state index contributed by atoms with van der Waals surface area (Å²) in [6.45, 7) is 16.1. The molecule has 0 radical (unpaired) electrons. The van der Waals surface area contributed by atoms with Crippen molar-refractivity contribution in [1.82, 2.24) is 9.88 Å². The number of carbonyl (C=O) groups excluding carboxylic acids is 1. The molecule has 3 rings (SSSR count). The number of aryl methyl sites for hydroxylation is 2. The zero-order chi connectivity index (χ0) is 32.3. The predicted molar refractivity (Wildman–Crippen MR) is 172 cm³/mol. The number of rotatable bonds is 9. The third-order valence-corrected chi connectivity index (χ3v) is 8.29. The summed E-state index contributed by atoms with van der Waals surface area (Å²) in [5.74, 6) is -0.323. The van der Waals surface area contributed by atoms with Crippen LogP contribution < -0.4 is 5.32 Å². The second-order valence-electron chi connectivity index (χ2n) is 13.4. The van der Waals surface area contributed by atoms with E-state index in [4.69, 9.17) is 4.98 Å². The molecule has 0 fully saturated rings. The van der Waals surface area contributed by atoms with Gasteiger partial charge < -0.3 is 10.4 Å². The normalized spacial score (nSPS) is 12.2. The van der Waals surface area contributed by atoms with Crippen LogP contribution in [0, 0.1) is 12.3 Å². The molecule has 0 bridgehead atoms. The maximum atomic E-state index is 13.6. The fourth-order valence-corrected chi connectivity index (χ4v) is 5.73. The van der Waals surface area contributed by atoms with Crippen LogP contribution in [0.5, 0.6) is 0 Å². The predicted octanol–water partition coefficient (Wildman–Crippen LogP) is 7.07. The van der Waals surface area contributed by atoms with Gasteiger partial charge in [-0.2, -0.15) is 0 Å². The van der Waals surface area contributed by atoms with E-state index in [-0.39, 0.29) is 29.2 Å². The van der Waals surface area contributed by atoms with E-state index in [1.54, 1.807) is 12.1 Å². The van der Waals surface area contributed by atoms with E-state index in [0.717, 1.165) is 45.5 Å². The summed E-state index contributed by atoms with van der Waals surface area (Å²) in [5, 5.41) is 13.1. The highest BCUT2D eigenvalue weighted by atomic mass is 32.2. The minimum atomic E-state index is -3.45. The average Bonchev–Trinajstić information content (AvgIpc) is 2.86. The van der Waals surface area contributed by atoms with Crippen molar-refractivity contribution in [2.24, 2.45) is 5.41 Å². The van der Waals surface area contributed by atoms with Gasteiger partial charge in [0.2, 0.25) is 5.91 Å². The van der Waals surface area contributed by atoms with Crippen molar-refractivity contribution < 1.29 is 23.1 Å². The highest BCUT2D eigenvalue weighted by molar-refractivity contribution is 7.90. The number of pyridine rings is 1. The SMILES string of the molecule is CCc1nc(CC(C)(C)C)c(CN(C(=O)O)C(C)(C)C)c(-c2ccc(C)cc2)c1CC(=O)Nc1cccc(S(C)(=O)=O)c1. The lowest BCUT2D eigenvalue weighted by Crippen LogP contribution is -2.44. The van der Waals surface area contributed by atoms with E-state index in [1.807, 2.05) is 58.9 Å². The summed E-state index contributed by atoms with van der Waals surface area (Å²) < 4.78 is 24.2. The topological polar surface area (TPSA) is 117 Å². The van der Waals surface area contributed by atoms with Crippen molar-refractivity contribution in [1.29, 1.82) is 0 Å². The minimum absolute atomic E-state index is 0.0200. The molecule has 1 heterocycles. The van der Waals surface area contributed by atoms with Crippen molar-refractivity contribution in [2.45, 2.75) is 91.6 Å². The van der Waals surface area contributed by atoms with E-state index >= 15 is 0 Å². The molecule has 0 aliphatic carbocycles. The average molecular weight is 608 g/mol. The highest BCUT2D eigenvalue weighted by Gasteiger charge is 2.31. The lowest BCUT2D eigenvalue weighted by molar-refractivity contribution is -0.115. The fraction of sp³-hybridized carbons (Fsp3) is 0.441. The third-order valence-electron chi connectivity index (χ3n) is 7.18. The number of hydrogen-bond donors (Lipinski definition) is 2. The van der Waals surface area contributed by atoms with E-state index in [1.165, 1.54) is 17.0 Å². The number of carboxylic acid groups (broad SMARTS) is 1. The number of anilines is 1. The Morgan fingerprint density at radius 3 is 2.09 bits per heavy atom. The summed E-state index contributed by atoms with van der Waals surface area (Å²) >= 11 is 0. The smallest absolute Gasteiger partial charge is 0.408 e. The van der Waals surface area contributed by atoms with Crippen molar-refractivity contribution in [3.05, 3.63) is 76.6 Å². The molecule has 232 valence electrons. The Bertz CT molecular complexity index is 1600. The number of carbonyl (C=O) groups is 2. The molecule has 3 aromatic rings. The van der Waals surface area contributed by atoms with Crippen LogP contribution >= 0.6 is 0 Å². The molecular weight excluding hydrogens is 562 g/mol. The molecule has 0 saturated carbocycles.